The molecule has 0 saturated carbocycles. The third kappa shape index (κ3) is 3.72. The Labute approximate surface area is 143 Å². The van der Waals surface area contributed by atoms with Crippen molar-refractivity contribution in [3.05, 3.63) is 59.1 Å². The van der Waals surface area contributed by atoms with Crippen LogP contribution >= 0.6 is 11.3 Å². The summed E-state index contributed by atoms with van der Waals surface area (Å²) in [6.45, 7) is 2.55. The van der Waals surface area contributed by atoms with Gasteiger partial charge in [0.25, 0.3) is 5.91 Å². The van der Waals surface area contributed by atoms with E-state index in [9.17, 15) is 9.90 Å². The third-order valence-corrected chi connectivity index (χ3v) is 4.74. The van der Waals surface area contributed by atoms with E-state index in [2.05, 4.69) is 10.3 Å². The molecule has 0 aliphatic carbocycles. The molecule has 0 radical (unpaired) electrons. The number of benzene rings is 1. The summed E-state index contributed by atoms with van der Waals surface area (Å²) in [4.78, 5) is 17.0. The fraction of sp³-hybridized carbons (Fsp3) is 0.222. The molecule has 5 nitrogen and oxygen atoms in total. The van der Waals surface area contributed by atoms with Crippen LogP contribution in [0.2, 0.25) is 0 Å². The highest BCUT2D eigenvalue weighted by Gasteiger charge is 2.14. The lowest BCUT2D eigenvalue weighted by molar-refractivity contribution is 0.0917. The van der Waals surface area contributed by atoms with Gasteiger partial charge in [-0.2, -0.15) is 0 Å². The minimum atomic E-state index is -0.734. The molecule has 0 saturated heterocycles. The molecule has 1 unspecified atom stereocenters. The molecule has 0 spiro atoms. The Morgan fingerprint density at radius 1 is 1.33 bits per heavy atom. The number of aliphatic hydroxyl groups excluding tert-OH is 1. The quantitative estimate of drug-likeness (QED) is 0.722. The van der Waals surface area contributed by atoms with Crippen molar-refractivity contribution < 1.29 is 14.6 Å². The number of amides is 1. The van der Waals surface area contributed by atoms with Crippen molar-refractivity contribution in [3.8, 4) is 5.88 Å². The van der Waals surface area contributed by atoms with Crippen LogP contribution in [-0.4, -0.2) is 29.1 Å². The zero-order valence-electron chi connectivity index (χ0n) is 13.2. The maximum Gasteiger partial charge on any atom is 0.252 e. The van der Waals surface area contributed by atoms with E-state index in [0.717, 1.165) is 15.0 Å². The van der Waals surface area contributed by atoms with Crippen LogP contribution in [0.1, 0.15) is 28.3 Å². The van der Waals surface area contributed by atoms with E-state index in [0.29, 0.717) is 18.1 Å². The summed E-state index contributed by atoms with van der Waals surface area (Å²) in [7, 11) is 0. The van der Waals surface area contributed by atoms with Gasteiger partial charge in [0.15, 0.2) is 0 Å². The number of hydrogen-bond donors (Lipinski definition) is 2. The van der Waals surface area contributed by atoms with Gasteiger partial charge in [-0.05, 0) is 30.5 Å². The normalized spacial score (nSPS) is 12.1. The lowest BCUT2D eigenvalue weighted by Gasteiger charge is -2.10. The molecule has 6 heteroatoms. The average Bonchev–Trinajstić information content (AvgIpc) is 3.04. The highest BCUT2D eigenvalue weighted by Crippen LogP contribution is 2.29. The van der Waals surface area contributed by atoms with Crippen molar-refractivity contribution in [3.63, 3.8) is 0 Å². The molecule has 24 heavy (non-hydrogen) atoms. The number of ether oxygens (including phenoxy) is 1. The molecule has 1 amide bonds. The lowest BCUT2D eigenvalue weighted by Crippen LogP contribution is -2.28. The fourth-order valence-electron chi connectivity index (χ4n) is 2.31. The van der Waals surface area contributed by atoms with E-state index in [1.165, 1.54) is 17.5 Å². The maximum atomic E-state index is 12.1. The molecule has 0 bridgehead atoms. The van der Waals surface area contributed by atoms with Crippen molar-refractivity contribution in [1.82, 2.24) is 10.3 Å². The molecular formula is C18H18N2O3S. The number of carbonyl (C=O) groups excluding carboxylic acids is 1. The highest BCUT2D eigenvalue weighted by molar-refractivity contribution is 7.19. The van der Waals surface area contributed by atoms with Gasteiger partial charge in [0, 0.05) is 28.4 Å². The first-order chi connectivity index (χ1) is 11.7. The van der Waals surface area contributed by atoms with E-state index >= 15 is 0 Å². The summed E-state index contributed by atoms with van der Waals surface area (Å²) in [6, 6.07) is 13.2. The number of aromatic nitrogens is 1. The molecule has 2 N–H and O–H groups in total. The zero-order chi connectivity index (χ0) is 16.9. The molecule has 0 aliphatic heterocycles. The third-order valence-electron chi connectivity index (χ3n) is 3.52. The second kappa shape index (κ2) is 7.42. The molecule has 124 valence electrons. The van der Waals surface area contributed by atoms with Crippen LogP contribution < -0.4 is 10.1 Å². The summed E-state index contributed by atoms with van der Waals surface area (Å²) in [5, 5.41) is 14.1. The van der Waals surface area contributed by atoms with Gasteiger partial charge < -0.3 is 15.2 Å². The number of aliphatic hydroxyl groups is 1. The van der Waals surface area contributed by atoms with E-state index in [1.54, 1.807) is 12.1 Å². The maximum absolute atomic E-state index is 12.1. The number of rotatable bonds is 6. The summed E-state index contributed by atoms with van der Waals surface area (Å²) in [6.07, 6.45) is 0.730. The fourth-order valence-corrected chi connectivity index (χ4v) is 3.36. The number of nitrogens with one attached hydrogen (secondary N) is 1. The van der Waals surface area contributed by atoms with Gasteiger partial charge >= 0.3 is 0 Å². The van der Waals surface area contributed by atoms with Crippen molar-refractivity contribution in [2.75, 3.05) is 13.2 Å². The van der Waals surface area contributed by atoms with Crippen molar-refractivity contribution in [1.29, 1.82) is 0 Å². The Bertz CT molecular complexity index is 797. The Morgan fingerprint density at radius 3 is 2.88 bits per heavy atom. The number of thiophene rings is 1. The number of carbonyl (C=O) groups is 1. The Kier molecular flexibility index (Phi) is 5.08. The van der Waals surface area contributed by atoms with Crippen LogP contribution in [0.5, 0.6) is 5.88 Å². The molecule has 3 aromatic rings. The summed E-state index contributed by atoms with van der Waals surface area (Å²) >= 11 is 1.53. The molecule has 2 aromatic heterocycles. The van der Waals surface area contributed by atoms with Crippen LogP contribution in [0.4, 0.5) is 0 Å². The predicted molar refractivity (Wildman–Crippen MR) is 94.5 cm³/mol. The highest BCUT2D eigenvalue weighted by atomic mass is 32.1. The van der Waals surface area contributed by atoms with Crippen molar-refractivity contribution in [2.45, 2.75) is 13.0 Å². The molecule has 1 aromatic carbocycles. The van der Waals surface area contributed by atoms with Gasteiger partial charge in [0.2, 0.25) is 5.88 Å². The molecule has 1 atom stereocenters. The van der Waals surface area contributed by atoms with Crippen LogP contribution in [-0.2, 0) is 0 Å². The molecular weight excluding hydrogens is 324 g/mol. The number of hydrogen-bond acceptors (Lipinski definition) is 5. The summed E-state index contributed by atoms with van der Waals surface area (Å²) in [5.41, 5.74) is 0.432. The minimum Gasteiger partial charge on any atom is -0.478 e. The SMILES string of the molecule is CCOc1ccc(C(=O)NCC(O)c2cc3ccccc3s2)cn1. The molecule has 0 aliphatic rings. The molecule has 2 heterocycles. The molecule has 3 rings (SSSR count). The van der Waals surface area contributed by atoms with Crippen LogP contribution in [0.25, 0.3) is 10.1 Å². The first kappa shape index (κ1) is 16.4. The summed E-state index contributed by atoms with van der Waals surface area (Å²) in [5.74, 6) is 0.213. The number of nitrogens with zero attached hydrogens (tertiary/aromatic N) is 1. The van der Waals surface area contributed by atoms with Gasteiger partial charge in [-0.15, -0.1) is 11.3 Å². The van der Waals surface area contributed by atoms with Crippen LogP contribution in [0, 0.1) is 0 Å². The van der Waals surface area contributed by atoms with Gasteiger partial charge in [-0.1, -0.05) is 18.2 Å². The van der Waals surface area contributed by atoms with Crippen LogP contribution in [0.3, 0.4) is 0 Å². The van der Waals surface area contributed by atoms with E-state index in [4.69, 9.17) is 4.74 Å². The number of pyridine rings is 1. The smallest absolute Gasteiger partial charge is 0.252 e. The second-order valence-electron chi connectivity index (χ2n) is 5.23. The Morgan fingerprint density at radius 2 is 2.17 bits per heavy atom. The van der Waals surface area contributed by atoms with E-state index in [1.807, 2.05) is 37.3 Å². The van der Waals surface area contributed by atoms with Gasteiger partial charge in [0.05, 0.1) is 12.2 Å². The van der Waals surface area contributed by atoms with Gasteiger partial charge in [0.1, 0.15) is 6.10 Å². The van der Waals surface area contributed by atoms with Gasteiger partial charge in [-0.3, -0.25) is 4.79 Å². The predicted octanol–water partition coefficient (Wildman–Crippen LogP) is 3.16. The van der Waals surface area contributed by atoms with Crippen LogP contribution in [0.15, 0.2) is 48.7 Å². The minimum absolute atomic E-state index is 0.152. The van der Waals surface area contributed by atoms with Gasteiger partial charge in [-0.25, -0.2) is 4.98 Å². The van der Waals surface area contributed by atoms with Crippen molar-refractivity contribution >= 4 is 27.3 Å². The Balaban J connectivity index is 1.60. The standard InChI is InChI=1S/C18H18N2O3S/c1-2-23-17-8-7-13(10-19-17)18(22)20-11-14(21)16-9-12-5-3-4-6-15(12)24-16/h3-10,14,21H,2,11H2,1H3,(H,20,22). The van der Waals surface area contributed by atoms with E-state index in [-0.39, 0.29) is 12.5 Å². The molecule has 0 fully saturated rings. The number of fused-ring (bicyclic) bond motifs is 1. The van der Waals surface area contributed by atoms with E-state index < -0.39 is 6.10 Å². The first-order valence-electron chi connectivity index (χ1n) is 7.71. The first-order valence-corrected chi connectivity index (χ1v) is 8.52. The van der Waals surface area contributed by atoms with Crippen molar-refractivity contribution in [2.24, 2.45) is 0 Å². The average molecular weight is 342 g/mol. The Hall–Kier alpha value is -2.44. The lowest BCUT2D eigenvalue weighted by atomic mass is 10.2. The monoisotopic (exact) mass is 342 g/mol. The topological polar surface area (TPSA) is 71.5 Å². The summed E-state index contributed by atoms with van der Waals surface area (Å²) < 4.78 is 6.36. The largest absolute Gasteiger partial charge is 0.478 e. The zero-order valence-corrected chi connectivity index (χ0v) is 14.0. The second-order valence-corrected chi connectivity index (χ2v) is 6.35.